The summed E-state index contributed by atoms with van der Waals surface area (Å²) in [6.07, 6.45) is 2.56. The molecule has 112 valence electrons. The third-order valence-electron chi connectivity index (χ3n) is 3.86. The van der Waals surface area contributed by atoms with E-state index in [9.17, 15) is 13.5 Å². The Labute approximate surface area is 120 Å². The van der Waals surface area contributed by atoms with Gasteiger partial charge in [-0.3, -0.25) is 0 Å². The Balaban J connectivity index is 2.22. The second kappa shape index (κ2) is 6.22. The topological polar surface area (TPSA) is 75.6 Å². The lowest BCUT2D eigenvalue weighted by molar-refractivity contribution is 0.0916. The molecule has 0 saturated heterocycles. The molecule has 6 heteroatoms. The highest BCUT2D eigenvalue weighted by Crippen LogP contribution is 2.24. The highest BCUT2D eigenvalue weighted by atomic mass is 32.2. The number of benzene rings is 1. The number of sulfonamides is 1. The van der Waals surface area contributed by atoms with Gasteiger partial charge < -0.3 is 9.84 Å². The summed E-state index contributed by atoms with van der Waals surface area (Å²) in [5.41, 5.74) is 1.50. The minimum Gasteiger partial charge on any atom is -0.392 e. The van der Waals surface area contributed by atoms with Crippen molar-refractivity contribution >= 4 is 10.0 Å². The molecule has 1 saturated carbocycles. The van der Waals surface area contributed by atoms with Crippen molar-refractivity contribution in [1.29, 1.82) is 0 Å². The maximum Gasteiger partial charge on any atom is 0.240 e. The van der Waals surface area contributed by atoms with Gasteiger partial charge in [0.1, 0.15) is 0 Å². The lowest BCUT2D eigenvalue weighted by Crippen LogP contribution is -2.40. The molecular formula is C14H21NO4S. The first kappa shape index (κ1) is 15.4. The molecule has 1 aliphatic carbocycles. The van der Waals surface area contributed by atoms with Gasteiger partial charge >= 0.3 is 0 Å². The number of hydrogen-bond acceptors (Lipinski definition) is 4. The zero-order valence-corrected chi connectivity index (χ0v) is 12.6. The number of aryl methyl sites for hydroxylation is 1. The lowest BCUT2D eigenvalue weighted by Gasteiger charge is -2.20. The van der Waals surface area contributed by atoms with E-state index in [-0.39, 0.29) is 23.6 Å². The van der Waals surface area contributed by atoms with Gasteiger partial charge in [-0.25, -0.2) is 13.1 Å². The van der Waals surface area contributed by atoms with E-state index in [1.54, 1.807) is 19.2 Å². The molecule has 0 aliphatic heterocycles. The molecule has 2 rings (SSSR count). The van der Waals surface area contributed by atoms with Crippen molar-refractivity contribution in [1.82, 2.24) is 4.72 Å². The van der Waals surface area contributed by atoms with E-state index in [1.807, 2.05) is 6.92 Å². The first-order valence-electron chi connectivity index (χ1n) is 6.73. The number of hydrogen-bond donors (Lipinski definition) is 2. The van der Waals surface area contributed by atoms with Crippen LogP contribution in [0.15, 0.2) is 23.1 Å². The third-order valence-corrected chi connectivity index (χ3v) is 5.35. The van der Waals surface area contributed by atoms with Crippen molar-refractivity contribution in [3.05, 3.63) is 29.3 Å². The molecular weight excluding hydrogens is 278 g/mol. The van der Waals surface area contributed by atoms with Gasteiger partial charge in [-0.2, -0.15) is 0 Å². The second-order valence-corrected chi connectivity index (χ2v) is 6.89. The predicted octanol–water partition coefficient (Wildman–Crippen LogP) is 1.33. The molecule has 1 aliphatic rings. The molecule has 1 aromatic rings. The average molecular weight is 299 g/mol. The summed E-state index contributed by atoms with van der Waals surface area (Å²) in [6.45, 7) is 1.67. The van der Waals surface area contributed by atoms with E-state index in [4.69, 9.17) is 4.74 Å². The van der Waals surface area contributed by atoms with Crippen molar-refractivity contribution in [2.45, 2.75) is 49.8 Å². The van der Waals surface area contributed by atoms with Crippen molar-refractivity contribution in [3.8, 4) is 0 Å². The lowest BCUT2D eigenvalue weighted by atomic mass is 10.1. The summed E-state index contributed by atoms with van der Waals surface area (Å²) in [7, 11) is -1.97. The van der Waals surface area contributed by atoms with Crippen molar-refractivity contribution in [2.24, 2.45) is 0 Å². The number of nitrogens with one attached hydrogen (secondary N) is 1. The molecule has 2 N–H and O–H groups in total. The zero-order valence-electron chi connectivity index (χ0n) is 11.8. The number of ether oxygens (including phenoxy) is 1. The van der Waals surface area contributed by atoms with Crippen LogP contribution >= 0.6 is 0 Å². The molecule has 0 amide bonds. The summed E-state index contributed by atoms with van der Waals surface area (Å²) >= 11 is 0. The van der Waals surface area contributed by atoms with Gasteiger partial charge in [-0.05, 0) is 49.4 Å². The van der Waals surface area contributed by atoms with Crippen molar-refractivity contribution < 1.29 is 18.3 Å². The van der Waals surface area contributed by atoms with E-state index in [2.05, 4.69) is 4.72 Å². The fraction of sp³-hybridized carbons (Fsp3) is 0.571. The predicted molar refractivity (Wildman–Crippen MR) is 75.9 cm³/mol. The molecule has 0 radical (unpaired) electrons. The first-order valence-corrected chi connectivity index (χ1v) is 8.22. The Morgan fingerprint density at radius 2 is 2.15 bits per heavy atom. The van der Waals surface area contributed by atoms with Crippen LogP contribution in [-0.2, 0) is 21.4 Å². The Morgan fingerprint density at radius 1 is 1.40 bits per heavy atom. The van der Waals surface area contributed by atoms with Crippen molar-refractivity contribution in [2.75, 3.05) is 7.11 Å². The standard InChI is InChI=1S/C14H21NO4S/c1-10-6-7-12(8-11(10)9-16)20(17,18)15-13-4-3-5-14(13)19-2/h6-8,13-16H,3-5,9H2,1-2H3. The summed E-state index contributed by atoms with van der Waals surface area (Å²) in [4.78, 5) is 0.189. The highest BCUT2D eigenvalue weighted by molar-refractivity contribution is 7.89. The molecule has 0 spiro atoms. The molecule has 0 aromatic heterocycles. The summed E-state index contributed by atoms with van der Waals surface area (Å²) in [5, 5.41) is 9.24. The fourth-order valence-corrected chi connectivity index (χ4v) is 3.94. The van der Waals surface area contributed by atoms with Gasteiger partial charge in [0.2, 0.25) is 10.0 Å². The van der Waals surface area contributed by atoms with Gasteiger partial charge in [0, 0.05) is 13.2 Å². The summed E-state index contributed by atoms with van der Waals surface area (Å²) in [6, 6.07) is 4.62. The van der Waals surface area contributed by atoms with Crippen molar-refractivity contribution in [3.63, 3.8) is 0 Å². The second-order valence-electron chi connectivity index (χ2n) is 5.18. The average Bonchev–Trinajstić information content (AvgIpc) is 2.85. The number of methoxy groups -OCH3 is 1. The number of aliphatic hydroxyl groups excluding tert-OH is 1. The summed E-state index contributed by atoms with van der Waals surface area (Å²) in [5.74, 6) is 0. The SMILES string of the molecule is COC1CCCC1NS(=O)(=O)c1ccc(C)c(CO)c1. The van der Waals surface area contributed by atoms with Crippen LogP contribution in [0.3, 0.4) is 0 Å². The minimum absolute atomic E-state index is 0.0625. The Hall–Kier alpha value is -0.950. The molecule has 2 atom stereocenters. The molecule has 0 heterocycles. The van der Waals surface area contributed by atoms with Crippen LogP contribution in [0.25, 0.3) is 0 Å². The first-order chi connectivity index (χ1) is 9.47. The Bertz CT molecular complexity index is 571. The molecule has 1 fully saturated rings. The maximum atomic E-state index is 12.4. The minimum atomic E-state index is -3.58. The quantitative estimate of drug-likeness (QED) is 0.860. The molecule has 5 nitrogen and oxygen atoms in total. The van der Waals surface area contributed by atoms with Crippen LogP contribution in [-0.4, -0.2) is 32.8 Å². The van der Waals surface area contributed by atoms with Crippen LogP contribution in [0, 0.1) is 6.92 Å². The normalized spacial score (nSPS) is 23.1. The monoisotopic (exact) mass is 299 g/mol. The van der Waals surface area contributed by atoms with E-state index in [0.29, 0.717) is 5.56 Å². The molecule has 0 bridgehead atoms. The van der Waals surface area contributed by atoms with E-state index >= 15 is 0 Å². The highest BCUT2D eigenvalue weighted by Gasteiger charge is 2.31. The van der Waals surface area contributed by atoms with Crippen LogP contribution < -0.4 is 4.72 Å². The zero-order chi connectivity index (χ0) is 14.8. The van der Waals surface area contributed by atoms with Gasteiger partial charge in [0.15, 0.2) is 0 Å². The van der Waals surface area contributed by atoms with E-state index < -0.39 is 10.0 Å². The number of rotatable bonds is 5. The maximum absolute atomic E-state index is 12.4. The number of aliphatic hydroxyl groups is 1. The van der Waals surface area contributed by atoms with Crippen LogP contribution in [0.1, 0.15) is 30.4 Å². The van der Waals surface area contributed by atoms with Gasteiger partial charge in [0.25, 0.3) is 0 Å². The summed E-state index contributed by atoms with van der Waals surface area (Å²) < 4.78 is 32.8. The fourth-order valence-electron chi connectivity index (χ4n) is 2.60. The van der Waals surface area contributed by atoms with Gasteiger partial charge in [0.05, 0.1) is 17.6 Å². The molecule has 20 heavy (non-hydrogen) atoms. The molecule has 2 unspecified atom stereocenters. The third kappa shape index (κ3) is 3.20. The smallest absolute Gasteiger partial charge is 0.240 e. The Kier molecular flexibility index (Phi) is 4.80. The van der Waals surface area contributed by atoms with E-state index in [0.717, 1.165) is 24.8 Å². The van der Waals surface area contributed by atoms with E-state index in [1.165, 1.54) is 6.07 Å². The van der Waals surface area contributed by atoms with Crippen LogP contribution in [0.5, 0.6) is 0 Å². The van der Waals surface area contributed by atoms with Gasteiger partial charge in [-0.1, -0.05) is 6.07 Å². The Morgan fingerprint density at radius 3 is 2.80 bits per heavy atom. The van der Waals surface area contributed by atoms with Crippen LogP contribution in [0.2, 0.25) is 0 Å². The largest absolute Gasteiger partial charge is 0.392 e. The molecule has 1 aromatic carbocycles. The van der Waals surface area contributed by atoms with Gasteiger partial charge in [-0.15, -0.1) is 0 Å². The van der Waals surface area contributed by atoms with Crippen LogP contribution in [0.4, 0.5) is 0 Å².